The molecule has 0 amide bonds. The number of hydrogen-bond donors (Lipinski definition) is 2. The summed E-state index contributed by atoms with van der Waals surface area (Å²) in [7, 11) is 1.41. The monoisotopic (exact) mass is 407 g/mol. The largest absolute Gasteiger partial charge is 0.465 e. The molecule has 2 aliphatic heterocycles. The molecule has 0 aliphatic carbocycles. The molecule has 1 spiro atoms. The summed E-state index contributed by atoms with van der Waals surface area (Å²) in [5, 5.41) is 4.79. The molecular weight excluding hydrogens is 381 g/mol. The van der Waals surface area contributed by atoms with Crippen LogP contribution in [0.5, 0.6) is 0 Å². The van der Waals surface area contributed by atoms with Crippen molar-refractivity contribution >= 4 is 16.9 Å². The van der Waals surface area contributed by atoms with E-state index in [-0.39, 0.29) is 17.3 Å². The number of nitrogens with one attached hydrogen (secondary N) is 2. The quantitative estimate of drug-likeness (QED) is 0.650. The third-order valence-corrected chi connectivity index (χ3v) is 6.65. The molecule has 6 heteroatoms. The van der Waals surface area contributed by atoms with Gasteiger partial charge >= 0.3 is 5.97 Å². The minimum Gasteiger partial charge on any atom is -0.465 e. The molecule has 0 atom stereocenters. The summed E-state index contributed by atoms with van der Waals surface area (Å²) in [5.74, 6) is -0.482. The van der Waals surface area contributed by atoms with Crippen molar-refractivity contribution in [3.8, 4) is 0 Å². The molecule has 2 aromatic carbocycles. The molecule has 0 bridgehead atoms. The lowest BCUT2D eigenvalue weighted by Crippen LogP contribution is -2.54. The van der Waals surface area contributed by atoms with Crippen LogP contribution in [0.25, 0.3) is 10.9 Å². The van der Waals surface area contributed by atoms with E-state index in [9.17, 15) is 9.18 Å². The van der Waals surface area contributed by atoms with Gasteiger partial charge in [-0.3, -0.25) is 4.90 Å². The van der Waals surface area contributed by atoms with Crippen LogP contribution in [-0.4, -0.2) is 42.6 Å². The Kier molecular flexibility index (Phi) is 4.83. The molecule has 1 saturated heterocycles. The molecule has 0 radical (unpaired) electrons. The Bertz CT molecular complexity index is 1100. The molecule has 5 nitrogen and oxygen atoms in total. The Morgan fingerprint density at radius 3 is 2.83 bits per heavy atom. The zero-order valence-corrected chi connectivity index (χ0v) is 17.1. The smallest absolute Gasteiger partial charge is 0.337 e. The third kappa shape index (κ3) is 3.30. The summed E-state index contributed by atoms with van der Waals surface area (Å²) in [6.45, 7) is 3.64. The summed E-state index contributed by atoms with van der Waals surface area (Å²) in [6.07, 6.45) is 2.91. The number of halogens is 1. The van der Waals surface area contributed by atoms with Crippen LogP contribution in [0, 0.1) is 5.82 Å². The van der Waals surface area contributed by atoms with Crippen LogP contribution >= 0.6 is 0 Å². The molecule has 156 valence electrons. The van der Waals surface area contributed by atoms with Crippen molar-refractivity contribution in [2.24, 2.45) is 0 Å². The van der Waals surface area contributed by atoms with Gasteiger partial charge in [0.05, 0.1) is 18.2 Å². The number of methoxy groups -OCH3 is 1. The second kappa shape index (κ2) is 7.52. The number of aromatic nitrogens is 1. The first-order valence-corrected chi connectivity index (χ1v) is 10.5. The maximum absolute atomic E-state index is 13.8. The first-order chi connectivity index (χ1) is 14.6. The fraction of sp³-hybridized carbons (Fsp3) is 0.375. The van der Waals surface area contributed by atoms with Crippen molar-refractivity contribution in [3.63, 3.8) is 0 Å². The average Bonchev–Trinajstić information content (AvgIpc) is 3.14. The third-order valence-electron chi connectivity index (χ3n) is 6.65. The van der Waals surface area contributed by atoms with E-state index >= 15 is 0 Å². The molecule has 1 aromatic heterocycles. The number of nitrogens with zero attached hydrogens (tertiary/aromatic N) is 1. The maximum atomic E-state index is 13.8. The Morgan fingerprint density at radius 1 is 1.20 bits per heavy atom. The van der Waals surface area contributed by atoms with Crippen molar-refractivity contribution in [2.75, 3.05) is 26.7 Å². The molecule has 2 N–H and O–H groups in total. The van der Waals surface area contributed by atoms with Crippen LogP contribution in [0.1, 0.15) is 40.0 Å². The first-order valence-electron chi connectivity index (χ1n) is 10.5. The fourth-order valence-corrected chi connectivity index (χ4v) is 5.10. The fourth-order valence-electron chi connectivity index (χ4n) is 5.10. The van der Waals surface area contributed by atoms with Gasteiger partial charge < -0.3 is 15.0 Å². The van der Waals surface area contributed by atoms with E-state index in [1.54, 1.807) is 12.1 Å². The predicted octanol–water partition coefficient (Wildman–Crippen LogP) is 3.73. The number of hydrogen-bond acceptors (Lipinski definition) is 4. The van der Waals surface area contributed by atoms with Gasteiger partial charge in [-0.1, -0.05) is 12.1 Å². The molecule has 0 unspecified atom stereocenters. The van der Waals surface area contributed by atoms with Crippen molar-refractivity contribution in [1.82, 2.24) is 15.2 Å². The highest BCUT2D eigenvalue weighted by atomic mass is 19.1. The van der Waals surface area contributed by atoms with Gasteiger partial charge in [-0.25, -0.2) is 9.18 Å². The van der Waals surface area contributed by atoms with Crippen molar-refractivity contribution in [3.05, 3.63) is 70.7 Å². The lowest BCUT2D eigenvalue weighted by Gasteiger charge is -2.45. The van der Waals surface area contributed by atoms with Crippen LogP contribution < -0.4 is 5.32 Å². The van der Waals surface area contributed by atoms with E-state index in [1.807, 2.05) is 18.2 Å². The summed E-state index contributed by atoms with van der Waals surface area (Å²) in [6, 6.07) is 12.7. The van der Waals surface area contributed by atoms with Gasteiger partial charge in [-0.2, -0.15) is 0 Å². The van der Waals surface area contributed by atoms with Gasteiger partial charge in [0.2, 0.25) is 0 Å². The number of rotatable bonds is 3. The normalized spacial score (nSPS) is 18.5. The second-order valence-corrected chi connectivity index (χ2v) is 8.40. The highest BCUT2D eigenvalue weighted by Gasteiger charge is 2.41. The number of piperidine rings is 1. The minimum atomic E-state index is -0.302. The average molecular weight is 407 g/mol. The van der Waals surface area contributed by atoms with Crippen molar-refractivity contribution in [1.29, 1.82) is 0 Å². The first kappa shape index (κ1) is 19.3. The molecule has 3 aromatic rings. The summed E-state index contributed by atoms with van der Waals surface area (Å²) < 4.78 is 18.6. The summed E-state index contributed by atoms with van der Waals surface area (Å²) in [5.41, 5.74) is 5.16. The summed E-state index contributed by atoms with van der Waals surface area (Å²) >= 11 is 0. The predicted molar refractivity (Wildman–Crippen MR) is 114 cm³/mol. The zero-order chi connectivity index (χ0) is 20.7. The van der Waals surface area contributed by atoms with Gasteiger partial charge in [0.25, 0.3) is 0 Å². The van der Waals surface area contributed by atoms with E-state index in [0.717, 1.165) is 61.9 Å². The van der Waals surface area contributed by atoms with Gasteiger partial charge in [0.1, 0.15) is 5.82 Å². The lowest BCUT2D eigenvalue weighted by atomic mass is 9.79. The van der Waals surface area contributed by atoms with E-state index in [2.05, 4.69) is 21.3 Å². The number of fused-ring (bicyclic) bond motifs is 4. The molecule has 0 saturated carbocycles. The number of aromatic amines is 1. The minimum absolute atomic E-state index is 0.0759. The van der Waals surface area contributed by atoms with Crippen LogP contribution in [0.2, 0.25) is 0 Å². The molecule has 30 heavy (non-hydrogen) atoms. The number of carbonyl (C=O) groups is 1. The Balaban J connectivity index is 1.34. The maximum Gasteiger partial charge on any atom is 0.337 e. The van der Waals surface area contributed by atoms with E-state index in [4.69, 9.17) is 4.74 Å². The van der Waals surface area contributed by atoms with Gasteiger partial charge in [0, 0.05) is 42.8 Å². The highest BCUT2D eigenvalue weighted by Crippen LogP contribution is 2.40. The van der Waals surface area contributed by atoms with Gasteiger partial charge in [-0.05, 0) is 60.7 Å². The molecule has 5 rings (SSSR count). The van der Waals surface area contributed by atoms with E-state index < -0.39 is 0 Å². The SMILES string of the molecule is COC(=O)c1cccc(CN2CCC3(CC2)NCCc2c3[nH]c3ccc(F)cc23)c1. The standard InChI is InChI=1S/C24H26FN3O2/c1-30-23(29)17-4-2-3-16(13-17)15-28-11-8-24(9-12-28)22-19(7-10-26-24)20-14-18(25)5-6-21(20)27-22/h2-6,13-14,26-27H,7-12,15H2,1H3. The van der Waals surface area contributed by atoms with Crippen LogP contribution in [-0.2, 0) is 23.2 Å². The number of benzene rings is 2. The van der Waals surface area contributed by atoms with Gasteiger partial charge in [-0.15, -0.1) is 0 Å². The van der Waals surface area contributed by atoms with Crippen LogP contribution in [0.15, 0.2) is 42.5 Å². The zero-order valence-electron chi connectivity index (χ0n) is 17.1. The van der Waals surface area contributed by atoms with Crippen molar-refractivity contribution < 1.29 is 13.9 Å². The number of esters is 1. The number of ether oxygens (including phenoxy) is 1. The molecule has 1 fully saturated rings. The van der Waals surface area contributed by atoms with Crippen LogP contribution in [0.3, 0.4) is 0 Å². The molecular formula is C24H26FN3O2. The number of likely N-dealkylation sites (tertiary alicyclic amines) is 1. The Hall–Kier alpha value is -2.70. The summed E-state index contributed by atoms with van der Waals surface area (Å²) in [4.78, 5) is 17.8. The second-order valence-electron chi connectivity index (χ2n) is 8.40. The Labute approximate surface area is 175 Å². The lowest BCUT2D eigenvalue weighted by molar-refractivity contribution is 0.0600. The van der Waals surface area contributed by atoms with E-state index in [0.29, 0.717) is 5.56 Å². The van der Waals surface area contributed by atoms with E-state index in [1.165, 1.54) is 24.4 Å². The number of H-pyrrole nitrogens is 1. The van der Waals surface area contributed by atoms with Crippen LogP contribution in [0.4, 0.5) is 4.39 Å². The van der Waals surface area contributed by atoms with Crippen molar-refractivity contribution in [2.45, 2.75) is 31.3 Å². The molecule has 2 aliphatic rings. The number of carbonyl (C=O) groups excluding carboxylic acids is 1. The highest BCUT2D eigenvalue weighted by molar-refractivity contribution is 5.89. The molecule has 3 heterocycles. The Morgan fingerprint density at radius 2 is 2.03 bits per heavy atom. The topological polar surface area (TPSA) is 57.4 Å². The van der Waals surface area contributed by atoms with Gasteiger partial charge in [0.15, 0.2) is 0 Å².